The van der Waals surface area contributed by atoms with Gasteiger partial charge in [0.1, 0.15) is 5.75 Å². The van der Waals surface area contributed by atoms with Crippen molar-refractivity contribution in [1.82, 2.24) is 0 Å². The van der Waals surface area contributed by atoms with E-state index < -0.39 is 36.4 Å². The number of ether oxygens (including phenoxy) is 2. The van der Waals surface area contributed by atoms with E-state index >= 15 is 0 Å². The van der Waals surface area contributed by atoms with Crippen LogP contribution in [0.4, 0.5) is 13.2 Å². The summed E-state index contributed by atoms with van der Waals surface area (Å²) >= 11 is 0. The summed E-state index contributed by atoms with van der Waals surface area (Å²) in [4.78, 5) is 11.2. The molecule has 8 heteroatoms. The molecule has 1 rings (SSSR count). The number of carboxylic acid groups (broad SMARTS) is 1. The standard InChI is InChI=1S/C13H15F3O5/c1-7(17)8(2)20-11(12(18)19)9-4-3-5-10(6-9)21-13(14,15)16/h3-8,11,17H,1-2H3,(H,18,19). The first-order chi connectivity index (χ1) is 9.60. The molecule has 0 aliphatic rings. The molecule has 2 N–H and O–H groups in total. The Hall–Kier alpha value is -1.80. The molecule has 0 amide bonds. The van der Waals surface area contributed by atoms with E-state index in [0.29, 0.717) is 0 Å². The third-order valence-electron chi connectivity index (χ3n) is 2.65. The summed E-state index contributed by atoms with van der Waals surface area (Å²) in [6.07, 6.45) is -8.11. The highest BCUT2D eigenvalue weighted by molar-refractivity contribution is 5.74. The van der Waals surface area contributed by atoms with E-state index in [0.717, 1.165) is 12.1 Å². The second-order valence-electron chi connectivity index (χ2n) is 4.42. The van der Waals surface area contributed by atoms with E-state index in [4.69, 9.17) is 9.84 Å². The predicted molar refractivity (Wildman–Crippen MR) is 65.7 cm³/mol. The summed E-state index contributed by atoms with van der Waals surface area (Å²) in [6.45, 7) is 2.86. The van der Waals surface area contributed by atoms with Gasteiger partial charge in [0.15, 0.2) is 6.10 Å². The van der Waals surface area contributed by atoms with E-state index in [2.05, 4.69) is 4.74 Å². The molecule has 0 aliphatic heterocycles. The molecule has 3 unspecified atom stereocenters. The highest BCUT2D eigenvalue weighted by Gasteiger charge is 2.32. The Morgan fingerprint density at radius 1 is 1.29 bits per heavy atom. The summed E-state index contributed by atoms with van der Waals surface area (Å²) in [5.41, 5.74) is -0.0169. The average molecular weight is 308 g/mol. The molecule has 0 aromatic heterocycles. The number of alkyl halides is 3. The topological polar surface area (TPSA) is 76.0 Å². The molecular formula is C13H15F3O5. The van der Waals surface area contributed by atoms with Crippen LogP contribution in [0.2, 0.25) is 0 Å². The molecule has 21 heavy (non-hydrogen) atoms. The van der Waals surface area contributed by atoms with Crippen LogP contribution in [0.15, 0.2) is 24.3 Å². The first kappa shape index (κ1) is 17.3. The van der Waals surface area contributed by atoms with Gasteiger partial charge in [0.2, 0.25) is 0 Å². The van der Waals surface area contributed by atoms with Crippen molar-refractivity contribution in [2.75, 3.05) is 0 Å². The minimum Gasteiger partial charge on any atom is -0.479 e. The van der Waals surface area contributed by atoms with Crippen LogP contribution in [-0.2, 0) is 9.53 Å². The van der Waals surface area contributed by atoms with Crippen LogP contribution in [0.1, 0.15) is 25.5 Å². The molecule has 0 saturated carbocycles. The van der Waals surface area contributed by atoms with E-state index in [9.17, 15) is 23.1 Å². The Kier molecular flexibility index (Phi) is 5.56. The van der Waals surface area contributed by atoms with Crippen LogP contribution in [0.3, 0.4) is 0 Å². The van der Waals surface area contributed by atoms with Crippen molar-refractivity contribution in [3.05, 3.63) is 29.8 Å². The number of benzene rings is 1. The molecule has 0 fully saturated rings. The van der Waals surface area contributed by atoms with Crippen LogP contribution in [-0.4, -0.2) is 34.8 Å². The van der Waals surface area contributed by atoms with Crippen molar-refractivity contribution >= 4 is 5.97 Å². The van der Waals surface area contributed by atoms with Gasteiger partial charge in [-0.25, -0.2) is 4.79 Å². The van der Waals surface area contributed by atoms with Crippen LogP contribution < -0.4 is 4.74 Å². The van der Waals surface area contributed by atoms with Gasteiger partial charge < -0.3 is 19.7 Å². The summed E-state index contributed by atoms with van der Waals surface area (Å²) in [7, 11) is 0. The average Bonchev–Trinajstić information content (AvgIpc) is 2.33. The quantitative estimate of drug-likeness (QED) is 0.844. The van der Waals surface area contributed by atoms with Crippen molar-refractivity contribution in [3.8, 4) is 5.75 Å². The van der Waals surface area contributed by atoms with E-state index in [1.807, 2.05) is 0 Å². The van der Waals surface area contributed by atoms with Crippen LogP contribution in [0.25, 0.3) is 0 Å². The molecule has 1 aromatic carbocycles. The molecule has 0 radical (unpaired) electrons. The second-order valence-corrected chi connectivity index (χ2v) is 4.42. The van der Waals surface area contributed by atoms with Gasteiger partial charge in [0, 0.05) is 0 Å². The Morgan fingerprint density at radius 3 is 2.38 bits per heavy atom. The largest absolute Gasteiger partial charge is 0.573 e. The van der Waals surface area contributed by atoms with E-state index in [1.54, 1.807) is 0 Å². The fourth-order valence-electron chi connectivity index (χ4n) is 1.48. The van der Waals surface area contributed by atoms with Crippen molar-refractivity contribution in [1.29, 1.82) is 0 Å². The van der Waals surface area contributed by atoms with Gasteiger partial charge in [-0.05, 0) is 31.5 Å². The van der Waals surface area contributed by atoms with Crippen LogP contribution in [0.5, 0.6) is 5.75 Å². The van der Waals surface area contributed by atoms with Crippen molar-refractivity contribution in [3.63, 3.8) is 0 Å². The molecule has 3 atom stereocenters. The lowest BCUT2D eigenvalue weighted by Crippen LogP contribution is -2.28. The molecule has 5 nitrogen and oxygen atoms in total. The van der Waals surface area contributed by atoms with Crippen LogP contribution >= 0.6 is 0 Å². The second kappa shape index (κ2) is 6.77. The van der Waals surface area contributed by atoms with Gasteiger partial charge in [-0.1, -0.05) is 12.1 Å². The van der Waals surface area contributed by atoms with Gasteiger partial charge in [0.05, 0.1) is 12.2 Å². The number of carbonyl (C=O) groups is 1. The number of aliphatic carboxylic acids is 1. The van der Waals surface area contributed by atoms with Crippen LogP contribution in [0, 0.1) is 0 Å². The number of aliphatic hydroxyl groups is 1. The molecule has 0 spiro atoms. The smallest absolute Gasteiger partial charge is 0.479 e. The van der Waals surface area contributed by atoms with E-state index in [1.165, 1.54) is 26.0 Å². The van der Waals surface area contributed by atoms with Crippen molar-refractivity contribution < 1.29 is 37.7 Å². The maximum absolute atomic E-state index is 12.1. The predicted octanol–water partition coefficient (Wildman–Crippen LogP) is 2.50. The van der Waals surface area contributed by atoms with Gasteiger partial charge in [-0.15, -0.1) is 13.2 Å². The number of aliphatic hydroxyl groups excluding tert-OH is 1. The zero-order valence-corrected chi connectivity index (χ0v) is 11.3. The first-order valence-corrected chi connectivity index (χ1v) is 6.02. The lowest BCUT2D eigenvalue weighted by Gasteiger charge is -2.22. The highest BCUT2D eigenvalue weighted by Crippen LogP contribution is 2.28. The third kappa shape index (κ3) is 5.60. The Labute approximate surface area is 118 Å². The highest BCUT2D eigenvalue weighted by atomic mass is 19.4. The number of rotatable bonds is 6. The van der Waals surface area contributed by atoms with Gasteiger partial charge in [0.25, 0.3) is 0 Å². The minimum absolute atomic E-state index is 0.0169. The van der Waals surface area contributed by atoms with Gasteiger partial charge in [-0.2, -0.15) is 0 Å². The lowest BCUT2D eigenvalue weighted by atomic mass is 10.1. The SMILES string of the molecule is CC(O)C(C)OC(C(=O)O)c1cccc(OC(F)(F)F)c1. The zero-order valence-electron chi connectivity index (χ0n) is 11.3. The third-order valence-corrected chi connectivity index (χ3v) is 2.65. The lowest BCUT2D eigenvalue weighted by molar-refractivity contribution is -0.274. The van der Waals surface area contributed by atoms with Gasteiger partial charge in [-0.3, -0.25) is 0 Å². The maximum Gasteiger partial charge on any atom is 0.573 e. The summed E-state index contributed by atoms with van der Waals surface area (Å²) in [5, 5.41) is 18.4. The minimum atomic E-state index is -4.87. The monoisotopic (exact) mass is 308 g/mol. The Balaban J connectivity index is 2.98. The summed E-state index contributed by atoms with van der Waals surface area (Å²) in [6, 6.07) is 4.51. The zero-order chi connectivity index (χ0) is 16.2. The number of hydrogen-bond acceptors (Lipinski definition) is 4. The fourth-order valence-corrected chi connectivity index (χ4v) is 1.48. The molecular weight excluding hydrogens is 293 g/mol. The number of hydrogen-bond donors (Lipinski definition) is 2. The molecule has 0 heterocycles. The number of carboxylic acids is 1. The molecule has 0 bridgehead atoms. The van der Waals surface area contributed by atoms with E-state index in [-0.39, 0.29) is 5.56 Å². The summed E-state index contributed by atoms with van der Waals surface area (Å²) < 4.78 is 45.3. The molecule has 1 aromatic rings. The molecule has 0 saturated heterocycles. The van der Waals surface area contributed by atoms with Crippen molar-refractivity contribution in [2.24, 2.45) is 0 Å². The maximum atomic E-state index is 12.1. The first-order valence-electron chi connectivity index (χ1n) is 6.02. The van der Waals surface area contributed by atoms with Crippen molar-refractivity contribution in [2.45, 2.75) is 38.5 Å². The Morgan fingerprint density at radius 2 is 1.90 bits per heavy atom. The number of halogens is 3. The Bertz CT molecular complexity index is 487. The molecule has 0 aliphatic carbocycles. The van der Waals surface area contributed by atoms with Gasteiger partial charge >= 0.3 is 12.3 Å². The normalized spacial score (nSPS) is 16.1. The molecule has 118 valence electrons. The summed E-state index contributed by atoms with van der Waals surface area (Å²) in [5.74, 6) is -1.92. The fraction of sp³-hybridized carbons (Fsp3) is 0.462.